The van der Waals surface area contributed by atoms with Crippen molar-refractivity contribution in [1.29, 1.82) is 0 Å². The molecule has 1 aromatic carbocycles. The first-order valence-corrected chi connectivity index (χ1v) is 7.43. The predicted octanol–water partition coefficient (Wildman–Crippen LogP) is 3.88. The maximum absolute atomic E-state index is 13.4. The molecule has 0 atom stereocenters. The van der Waals surface area contributed by atoms with E-state index in [1.165, 1.54) is 17.7 Å². The lowest BCUT2D eigenvalue weighted by atomic mass is 10.2. The first kappa shape index (κ1) is 15.4. The molecular weight excluding hydrogens is 265 g/mol. The fourth-order valence-corrected chi connectivity index (χ4v) is 2.25. The van der Waals surface area contributed by atoms with Gasteiger partial charge < -0.3 is 10.2 Å². The average molecular weight is 287 g/mol. The Balaban J connectivity index is 2.20. The van der Waals surface area contributed by atoms with Crippen LogP contribution in [0.15, 0.2) is 42.6 Å². The number of halogens is 1. The molecule has 0 saturated carbocycles. The number of anilines is 2. The van der Waals surface area contributed by atoms with Crippen LogP contribution in [0.4, 0.5) is 15.9 Å². The fourth-order valence-electron chi connectivity index (χ4n) is 2.25. The van der Waals surface area contributed by atoms with Crippen LogP contribution in [0.1, 0.15) is 25.8 Å². The number of nitrogens with zero attached hydrogens (tertiary/aromatic N) is 2. The van der Waals surface area contributed by atoms with Gasteiger partial charge in [-0.1, -0.05) is 13.0 Å². The number of rotatable bonds is 7. The summed E-state index contributed by atoms with van der Waals surface area (Å²) >= 11 is 0. The van der Waals surface area contributed by atoms with E-state index in [1.54, 1.807) is 12.3 Å². The van der Waals surface area contributed by atoms with Crippen molar-refractivity contribution in [3.05, 3.63) is 54.0 Å². The van der Waals surface area contributed by atoms with Crippen LogP contribution in [0, 0.1) is 5.82 Å². The van der Waals surface area contributed by atoms with Gasteiger partial charge in [0.15, 0.2) is 0 Å². The summed E-state index contributed by atoms with van der Waals surface area (Å²) in [7, 11) is 0. The molecule has 2 aromatic rings. The number of hydrogen-bond donors (Lipinski definition) is 1. The Kier molecular flexibility index (Phi) is 5.69. The van der Waals surface area contributed by atoms with Crippen LogP contribution in [0.5, 0.6) is 0 Å². The largest absolute Gasteiger partial charge is 0.327 e. The van der Waals surface area contributed by atoms with Gasteiger partial charge in [-0.3, -0.25) is 0 Å². The molecule has 0 aliphatic heterocycles. The lowest BCUT2D eigenvalue weighted by molar-refractivity contribution is 0.627. The molecule has 21 heavy (non-hydrogen) atoms. The molecule has 0 radical (unpaired) electrons. The van der Waals surface area contributed by atoms with E-state index < -0.39 is 0 Å². The summed E-state index contributed by atoms with van der Waals surface area (Å²) in [5, 5.41) is 3.38. The van der Waals surface area contributed by atoms with Gasteiger partial charge in [0.05, 0.1) is 0 Å². The third-order valence-electron chi connectivity index (χ3n) is 3.28. The highest BCUT2D eigenvalue weighted by atomic mass is 19.1. The van der Waals surface area contributed by atoms with Crippen molar-refractivity contribution in [2.75, 3.05) is 18.0 Å². The van der Waals surface area contributed by atoms with Crippen molar-refractivity contribution in [3.63, 3.8) is 0 Å². The molecule has 1 N–H and O–H groups in total. The highest BCUT2D eigenvalue weighted by molar-refractivity contribution is 5.60. The summed E-state index contributed by atoms with van der Waals surface area (Å²) in [5.41, 5.74) is 2.01. The smallest absolute Gasteiger partial charge is 0.133 e. The number of aromatic nitrogens is 1. The van der Waals surface area contributed by atoms with Crippen LogP contribution < -0.4 is 10.2 Å². The van der Waals surface area contributed by atoms with E-state index in [-0.39, 0.29) is 5.82 Å². The number of nitrogens with one attached hydrogen (secondary N) is 1. The van der Waals surface area contributed by atoms with Gasteiger partial charge in [0.2, 0.25) is 0 Å². The molecule has 2 rings (SSSR count). The SMILES string of the molecule is CCCNCc1ccnc(N(CC)c2cccc(F)c2)c1. The normalized spacial score (nSPS) is 10.6. The minimum atomic E-state index is -0.230. The molecule has 112 valence electrons. The Bertz CT molecular complexity index is 571. The molecular formula is C17H22FN3. The van der Waals surface area contributed by atoms with Gasteiger partial charge in [0.25, 0.3) is 0 Å². The second kappa shape index (κ2) is 7.74. The summed E-state index contributed by atoms with van der Waals surface area (Å²) in [6, 6.07) is 10.7. The van der Waals surface area contributed by atoms with Crippen molar-refractivity contribution in [2.24, 2.45) is 0 Å². The zero-order valence-electron chi connectivity index (χ0n) is 12.6. The zero-order chi connectivity index (χ0) is 15.1. The summed E-state index contributed by atoms with van der Waals surface area (Å²) in [5.74, 6) is 0.616. The van der Waals surface area contributed by atoms with Crippen molar-refractivity contribution in [2.45, 2.75) is 26.8 Å². The van der Waals surface area contributed by atoms with Crippen molar-refractivity contribution < 1.29 is 4.39 Å². The summed E-state index contributed by atoms with van der Waals surface area (Å²) in [4.78, 5) is 6.43. The Labute approximate surface area is 125 Å². The van der Waals surface area contributed by atoms with Gasteiger partial charge in [-0.15, -0.1) is 0 Å². The third-order valence-corrected chi connectivity index (χ3v) is 3.28. The number of benzene rings is 1. The van der Waals surface area contributed by atoms with Gasteiger partial charge in [-0.25, -0.2) is 9.37 Å². The molecule has 0 aliphatic carbocycles. The van der Waals surface area contributed by atoms with Gasteiger partial charge in [-0.2, -0.15) is 0 Å². The fraction of sp³-hybridized carbons (Fsp3) is 0.353. The third kappa shape index (κ3) is 4.26. The molecule has 0 unspecified atom stereocenters. The summed E-state index contributed by atoms with van der Waals surface area (Å²) < 4.78 is 13.4. The van der Waals surface area contributed by atoms with Crippen molar-refractivity contribution >= 4 is 11.5 Å². The number of pyridine rings is 1. The van der Waals surface area contributed by atoms with E-state index in [0.717, 1.165) is 37.6 Å². The van der Waals surface area contributed by atoms with Gasteiger partial charge in [0, 0.05) is 25.0 Å². The first-order valence-electron chi connectivity index (χ1n) is 7.43. The Morgan fingerprint density at radius 2 is 2.05 bits per heavy atom. The predicted molar refractivity (Wildman–Crippen MR) is 85.3 cm³/mol. The van der Waals surface area contributed by atoms with Crippen LogP contribution in [0.25, 0.3) is 0 Å². The molecule has 4 heteroatoms. The van der Waals surface area contributed by atoms with Crippen LogP contribution in [-0.2, 0) is 6.54 Å². The van der Waals surface area contributed by atoms with E-state index in [1.807, 2.05) is 24.0 Å². The minimum Gasteiger partial charge on any atom is -0.327 e. The molecule has 3 nitrogen and oxygen atoms in total. The van der Waals surface area contributed by atoms with Crippen molar-refractivity contribution in [3.8, 4) is 0 Å². The second-order valence-corrected chi connectivity index (χ2v) is 4.92. The van der Waals surface area contributed by atoms with E-state index in [9.17, 15) is 4.39 Å². The quantitative estimate of drug-likeness (QED) is 0.783. The van der Waals surface area contributed by atoms with Crippen molar-refractivity contribution in [1.82, 2.24) is 10.3 Å². The van der Waals surface area contributed by atoms with Crippen LogP contribution in [-0.4, -0.2) is 18.1 Å². The first-order chi connectivity index (χ1) is 10.2. The molecule has 0 spiro atoms. The van der Waals surface area contributed by atoms with Crippen LogP contribution in [0.2, 0.25) is 0 Å². The molecule has 1 heterocycles. The summed E-state index contributed by atoms with van der Waals surface area (Å²) in [6.45, 7) is 6.74. The zero-order valence-corrected chi connectivity index (χ0v) is 12.6. The van der Waals surface area contributed by atoms with E-state index in [0.29, 0.717) is 0 Å². The van der Waals surface area contributed by atoms with Crippen LogP contribution in [0.3, 0.4) is 0 Å². The maximum atomic E-state index is 13.4. The topological polar surface area (TPSA) is 28.2 Å². The molecule has 0 bridgehead atoms. The maximum Gasteiger partial charge on any atom is 0.133 e. The summed E-state index contributed by atoms with van der Waals surface area (Å²) in [6.07, 6.45) is 2.92. The molecule has 0 aliphatic rings. The number of hydrogen-bond acceptors (Lipinski definition) is 3. The van der Waals surface area contributed by atoms with Gasteiger partial charge in [0.1, 0.15) is 11.6 Å². The Morgan fingerprint density at radius 3 is 2.76 bits per heavy atom. The van der Waals surface area contributed by atoms with E-state index in [4.69, 9.17) is 0 Å². The molecule has 0 amide bonds. The van der Waals surface area contributed by atoms with Gasteiger partial charge >= 0.3 is 0 Å². The monoisotopic (exact) mass is 287 g/mol. The lowest BCUT2D eigenvalue weighted by Gasteiger charge is -2.22. The standard InChI is InChI=1S/C17H22FN3/c1-3-9-19-13-14-8-10-20-17(11-14)21(4-2)16-7-5-6-15(18)12-16/h5-8,10-12,19H,3-4,9,13H2,1-2H3. The average Bonchev–Trinajstić information content (AvgIpc) is 2.49. The molecule has 0 saturated heterocycles. The Morgan fingerprint density at radius 1 is 1.19 bits per heavy atom. The lowest BCUT2D eigenvalue weighted by Crippen LogP contribution is -2.19. The highest BCUT2D eigenvalue weighted by Gasteiger charge is 2.09. The minimum absolute atomic E-state index is 0.230. The van der Waals surface area contributed by atoms with E-state index in [2.05, 4.69) is 23.3 Å². The van der Waals surface area contributed by atoms with E-state index >= 15 is 0 Å². The molecule has 0 fully saturated rings. The highest BCUT2D eigenvalue weighted by Crippen LogP contribution is 2.24. The van der Waals surface area contributed by atoms with Crippen LogP contribution >= 0.6 is 0 Å². The Hall–Kier alpha value is -1.94. The van der Waals surface area contributed by atoms with Gasteiger partial charge in [-0.05, 0) is 55.8 Å². The molecule has 1 aromatic heterocycles. The second-order valence-electron chi connectivity index (χ2n) is 4.92.